The van der Waals surface area contributed by atoms with Crippen molar-refractivity contribution >= 4 is 27.3 Å². The summed E-state index contributed by atoms with van der Waals surface area (Å²) >= 11 is 3.41. The Labute approximate surface area is 141 Å². The van der Waals surface area contributed by atoms with Gasteiger partial charge in [0.05, 0.1) is 24.1 Å². The summed E-state index contributed by atoms with van der Waals surface area (Å²) in [5.74, 6) is 0. The lowest BCUT2D eigenvalue weighted by atomic mass is 10.3. The van der Waals surface area contributed by atoms with Gasteiger partial charge in [0.2, 0.25) is 0 Å². The molecule has 0 atom stereocenters. The molecule has 4 nitrogen and oxygen atoms in total. The molecule has 0 saturated carbocycles. The number of hydrogen-bond donors (Lipinski definition) is 1. The third-order valence-electron chi connectivity index (χ3n) is 2.87. The molecule has 0 unspecified atom stereocenters. The van der Waals surface area contributed by atoms with Gasteiger partial charge in [-0.05, 0) is 42.5 Å². The first-order valence-electron chi connectivity index (χ1n) is 7.25. The van der Waals surface area contributed by atoms with Crippen LogP contribution in [0.15, 0.2) is 71.2 Å². The van der Waals surface area contributed by atoms with Gasteiger partial charge in [-0.1, -0.05) is 22.5 Å². The average molecular weight is 364 g/mol. The van der Waals surface area contributed by atoms with Crippen LogP contribution in [-0.2, 0) is 0 Å². The van der Waals surface area contributed by atoms with Gasteiger partial charge >= 0.3 is 0 Å². The molecule has 1 rings (SSSR count). The van der Waals surface area contributed by atoms with Crippen molar-refractivity contribution in [3.05, 3.63) is 61.0 Å². The lowest BCUT2D eigenvalue weighted by molar-refractivity contribution is -0.587. The molecule has 0 aliphatic heterocycles. The molecule has 0 aromatic heterocycles. The van der Waals surface area contributed by atoms with Crippen LogP contribution in [-0.4, -0.2) is 26.0 Å². The van der Waals surface area contributed by atoms with Crippen LogP contribution in [0.4, 0.5) is 11.4 Å². The van der Waals surface area contributed by atoms with Crippen molar-refractivity contribution in [2.75, 3.05) is 30.9 Å². The molecule has 0 radical (unpaired) electrons. The molecular weight excluding hydrogens is 340 g/mol. The summed E-state index contributed by atoms with van der Waals surface area (Å²) in [7, 11) is 4.02. The van der Waals surface area contributed by atoms with Gasteiger partial charge in [0, 0.05) is 31.5 Å². The number of nitrogens with two attached hydrogens (primary N) is 1. The van der Waals surface area contributed by atoms with E-state index in [0.717, 1.165) is 35.4 Å². The molecule has 22 heavy (non-hydrogen) atoms. The highest BCUT2D eigenvalue weighted by Gasteiger charge is 1.95. The maximum absolute atomic E-state index is 4.22. The summed E-state index contributed by atoms with van der Waals surface area (Å²) in [6, 6.07) is 7.93. The van der Waals surface area contributed by atoms with Gasteiger partial charge < -0.3 is 10.2 Å². The Morgan fingerprint density at radius 1 is 1.32 bits per heavy atom. The first-order valence-corrected chi connectivity index (χ1v) is 8.37. The van der Waals surface area contributed by atoms with E-state index in [-0.39, 0.29) is 0 Å². The molecule has 1 aromatic carbocycles. The molecule has 0 amide bonds. The van der Waals surface area contributed by atoms with Crippen LogP contribution in [0.5, 0.6) is 0 Å². The van der Waals surface area contributed by atoms with Crippen LogP contribution in [0.3, 0.4) is 0 Å². The topological polar surface area (TPSA) is 44.6 Å². The van der Waals surface area contributed by atoms with Gasteiger partial charge in [0.1, 0.15) is 0 Å². The van der Waals surface area contributed by atoms with Crippen molar-refractivity contribution in [3.63, 3.8) is 0 Å². The Hall–Kier alpha value is -1.72. The quantitative estimate of drug-likeness (QED) is 0.308. The molecule has 1 aromatic rings. The number of allylic oxidation sites excluding steroid dienone is 3. The predicted molar refractivity (Wildman–Crippen MR) is 97.9 cm³/mol. The SMILES string of the molecule is C=C/C(=C\C=C/[NH2+]CCCBr)N=Nc1ccc(N(C)C)cc1. The number of alkyl halides is 1. The van der Waals surface area contributed by atoms with E-state index < -0.39 is 0 Å². The monoisotopic (exact) mass is 363 g/mol. The van der Waals surface area contributed by atoms with E-state index in [2.05, 4.69) is 38.1 Å². The number of nitrogens with zero attached hydrogens (tertiary/aromatic N) is 3. The number of hydrogen-bond acceptors (Lipinski definition) is 3. The Balaban J connectivity index is 2.58. The predicted octanol–water partition coefficient (Wildman–Crippen LogP) is 3.77. The van der Waals surface area contributed by atoms with E-state index in [1.54, 1.807) is 6.08 Å². The van der Waals surface area contributed by atoms with Gasteiger partial charge in [0.25, 0.3) is 0 Å². The molecule has 0 spiro atoms. The van der Waals surface area contributed by atoms with Crippen molar-refractivity contribution in [1.29, 1.82) is 0 Å². The number of azo groups is 1. The number of anilines is 1. The van der Waals surface area contributed by atoms with Crippen molar-refractivity contribution in [3.8, 4) is 0 Å². The van der Waals surface area contributed by atoms with Crippen molar-refractivity contribution in [1.82, 2.24) is 0 Å². The van der Waals surface area contributed by atoms with Crippen molar-refractivity contribution in [2.45, 2.75) is 6.42 Å². The summed E-state index contributed by atoms with van der Waals surface area (Å²) in [6.45, 7) is 4.83. The minimum atomic E-state index is 0.738. The first kappa shape index (κ1) is 18.3. The van der Waals surface area contributed by atoms with Gasteiger partial charge in [-0.3, -0.25) is 0 Å². The summed E-state index contributed by atoms with van der Waals surface area (Å²) < 4.78 is 0. The summed E-state index contributed by atoms with van der Waals surface area (Å²) in [6.07, 6.45) is 8.72. The van der Waals surface area contributed by atoms with Crippen LogP contribution < -0.4 is 10.2 Å². The van der Waals surface area contributed by atoms with Gasteiger partial charge in [-0.25, -0.2) is 0 Å². The lowest BCUT2D eigenvalue weighted by Crippen LogP contribution is -2.78. The molecule has 0 aliphatic carbocycles. The minimum absolute atomic E-state index is 0.738. The second-order valence-corrected chi connectivity index (χ2v) is 5.65. The minimum Gasteiger partial charge on any atom is -0.378 e. The van der Waals surface area contributed by atoms with E-state index >= 15 is 0 Å². The van der Waals surface area contributed by atoms with Crippen molar-refractivity contribution in [2.24, 2.45) is 10.2 Å². The van der Waals surface area contributed by atoms with E-state index in [0.29, 0.717) is 0 Å². The van der Waals surface area contributed by atoms with Gasteiger partial charge in [0.15, 0.2) is 0 Å². The Bertz CT molecular complexity index is 530. The van der Waals surface area contributed by atoms with Crippen molar-refractivity contribution < 1.29 is 5.32 Å². The largest absolute Gasteiger partial charge is 0.378 e. The molecule has 0 bridgehead atoms. The van der Waals surface area contributed by atoms with Gasteiger partial charge in [-0.15, -0.1) is 0 Å². The molecular formula is C17H24BrN4+. The molecule has 118 valence electrons. The number of benzene rings is 1. The fourth-order valence-corrected chi connectivity index (χ4v) is 1.92. The highest BCUT2D eigenvalue weighted by atomic mass is 79.9. The fourth-order valence-electron chi connectivity index (χ4n) is 1.60. The standard InChI is InChI=1S/C17H23BrN4/c1-4-15(7-5-13-19-14-6-12-18)20-21-16-8-10-17(11-9-16)22(2)3/h4-5,7-11,13,19H,1,6,12,14H2,2-3H3/p+1/b13-5-,15-7+,21-20?. The third-order valence-corrected chi connectivity index (χ3v) is 3.44. The van der Waals surface area contributed by atoms with Crippen LogP contribution in [0.1, 0.15) is 6.42 Å². The van der Waals surface area contributed by atoms with Crippen LogP contribution in [0.2, 0.25) is 0 Å². The normalized spacial score (nSPS) is 12.2. The molecule has 0 heterocycles. The van der Waals surface area contributed by atoms with E-state index in [9.17, 15) is 0 Å². The molecule has 2 N–H and O–H groups in total. The number of quaternary nitrogens is 1. The summed E-state index contributed by atoms with van der Waals surface area (Å²) in [5.41, 5.74) is 2.70. The molecule has 0 saturated heterocycles. The molecule has 0 aliphatic rings. The maximum atomic E-state index is 4.22. The fraction of sp³-hybridized carbons (Fsp3) is 0.294. The maximum Gasteiger partial charge on any atom is 0.0926 e. The first-order chi connectivity index (χ1) is 10.7. The Morgan fingerprint density at radius 3 is 2.64 bits per heavy atom. The number of rotatable bonds is 9. The Morgan fingerprint density at radius 2 is 2.05 bits per heavy atom. The number of halogens is 1. The van der Waals surface area contributed by atoms with Gasteiger partial charge in [-0.2, -0.15) is 10.2 Å². The molecule has 5 heteroatoms. The third kappa shape index (κ3) is 7.33. The second-order valence-electron chi connectivity index (χ2n) is 4.86. The zero-order valence-corrected chi connectivity index (χ0v) is 14.8. The molecule has 0 fully saturated rings. The van der Waals surface area contributed by atoms with E-state index in [4.69, 9.17) is 0 Å². The van der Waals surface area contributed by atoms with Crippen LogP contribution in [0.25, 0.3) is 0 Å². The highest BCUT2D eigenvalue weighted by molar-refractivity contribution is 9.09. The van der Waals surface area contributed by atoms with Crippen LogP contribution in [0, 0.1) is 0 Å². The smallest absolute Gasteiger partial charge is 0.0926 e. The zero-order chi connectivity index (χ0) is 16.2. The van der Waals surface area contributed by atoms with E-state index in [1.807, 2.05) is 61.6 Å². The average Bonchev–Trinajstić information content (AvgIpc) is 2.54. The lowest BCUT2D eigenvalue weighted by Gasteiger charge is -2.11. The summed E-state index contributed by atoms with van der Waals surface area (Å²) in [4.78, 5) is 2.05. The Kier molecular flexibility index (Phi) is 9.11. The second kappa shape index (κ2) is 10.9. The van der Waals surface area contributed by atoms with Crippen LogP contribution >= 0.6 is 15.9 Å². The summed E-state index contributed by atoms with van der Waals surface area (Å²) in [5, 5.41) is 11.6. The zero-order valence-electron chi connectivity index (χ0n) is 13.2. The van der Waals surface area contributed by atoms with E-state index in [1.165, 1.54) is 0 Å². The highest BCUT2D eigenvalue weighted by Crippen LogP contribution is 2.19.